The number of nitrogens with zero attached hydrogens (tertiary/aromatic N) is 2. The zero-order chi connectivity index (χ0) is 22.0. The smallest absolute Gasteiger partial charge is 0.119 e. The van der Waals surface area contributed by atoms with Crippen LogP contribution in [0.15, 0.2) is 46.8 Å². The van der Waals surface area contributed by atoms with Crippen molar-refractivity contribution in [3.8, 4) is 22.9 Å². The van der Waals surface area contributed by atoms with E-state index in [0.717, 1.165) is 52.6 Å². The van der Waals surface area contributed by atoms with E-state index in [1.807, 2.05) is 18.2 Å². The summed E-state index contributed by atoms with van der Waals surface area (Å²) in [5.74, 6) is 2.21. The number of benzene rings is 1. The molecule has 0 aliphatic heterocycles. The zero-order valence-corrected chi connectivity index (χ0v) is 20.2. The van der Waals surface area contributed by atoms with Gasteiger partial charge in [0.1, 0.15) is 16.8 Å². The highest BCUT2D eigenvalue weighted by Gasteiger charge is 2.32. The van der Waals surface area contributed by atoms with Crippen LogP contribution in [0.1, 0.15) is 48.9 Å². The molecule has 0 saturated carbocycles. The van der Waals surface area contributed by atoms with Gasteiger partial charge in [-0.1, -0.05) is 50.7 Å². The molecule has 5 heteroatoms. The Morgan fingerprint density at radius 1 is 1.26 bits per heavy atom. The van der Waals surface area contributed by atoms with Crippen LogP contribution in [-0.2, 0) is 18.6 Å². The molecule has 1 aromatic carbocycles. The number of pyridine rings is 1. The molecule has 2 aromatic heterocycles. The maximum Gasteiger partial charge on any atom is 0.119 e. The van der Waals surface area contributed by atoms with E-state index in [0.29, 0.717) is 11.5 Å². The van der Waals surface area contributed by atoms with Crippen molar-refractivity contribution in [2.75, 3.05) is 7.11 Å². The van der Waals surface area contributed by atoms with Crippen molar-refractivity contribution in [1.29, 1.82) is 5.26 Å². The second-order valence-corrected chi connectivity index (χ2v) is 11.1. The number of aryl methyl sites for hydroxylation is 1. The Balaban J connectivity index is 1.86. The molecule has 0 radical (unpaired) electrons. The Kier molecular flexibility index (Phi) is 6.41. The average Bonchev–Trinajstić information content (AvgIpc) is 3.29. The average molecular weight is 449 g/mol. The van der Waals surface area contributed by atoms with E-state index in [-0.39, 0.29) is 5.41 Å². The van der Waals surface area contributed by atoms with Crippen molar-refractivity contribution < 1.29 is 4.74 Å². The van der Waals surface area contributed by atoms with E-state index in [4.69, 9.17) is 9.72 Å². The Labute approximate surface area is 193 Å². The molecule has 4 rings (SSSR count). The number of rotatable bonds is 5. The van der Waals surface area contributed by atoms with Crippen LogP contribution in [-0.4, -0.2) is 12.1 Å². The number of ether oxygens (including phenoxy) is 1. The summed E-state index contributed by atoms with van der Waals surface area (Å²) in [5, 5.41) is 13.2. The third-order valence-corrected chi connectivity index (χ3v) is 8.24. The Hall–Kier alpha value is -2.29. The molecule has 0 unspecified atom stereocenters. The topological polar surface area (TPSA) is 45.9 Å². The molecule has 0 saturated heterocycles. The van der Waals surface area contributed by atoms with E-state index in [9.17, 15) is 5.26 Å². The third-order valence-electron chi connectivity index (χ3n) is 6.16. The molecule has 0 amide bonds. The minimum absolute atomic E-state index is 0.225. The van der Waals surface area contributed by atoms with E-state index in [1.165, 1.54) is 10.4 Å². The first kappa shape index (κ1) is 21.9. The van der Waals surface area contributed by atoms with Gasteiger partial charge in [-0.3, -0.25) is 0 Å². The first-order valence-corrected chi connectivity index (χ1v) is 12.5. The van der Waals surface area contributed by atoms with Crippen LogP contribution in [0.25, 0.3) is 11.1 Å². The molecule has 3 nitrogen and oxygen atoms in total. The minimum atomic E-state index is 0.225. The highest BCUT2D eigenvalue weighted by Crippen LogP contribution is 2.44. The summed E-state index contributed by atoms with van der Waals surface area (Å²) >= 11 is 3.42. The molecule has 160 valence electrons. The Morgan fingerprint density at radius 3 is 2.77 bits per heavy atom. The van der Waals surface area contributed by atoms with Gasteiger partial charge < -0.3 is 4.74 Å². The molecular formula is C26H28N2OS2. The summed E-state index contributed by atoms with van der Waals surface area (Å²) in [5.41, 5.74) is 5.42. The maximum atomic E-state index is 10.2. The fraction of sp³-hybridized carbons (Fsp3) is 0.385. The van der Waals surface area contributed by atoms with E-state index < -0.39 is 0 Å². The van der Waals surface area contributed by atoms with Gasteiger partial charge in [0.15, 0.2) is 0 Å². The molecule has 1 aliphatic carbocycles. The monoisotopic (exact) mass is 448 g/mol. The summed E-state index contributed by atoms with van der Waals surface area (Å²) < 4.78 is 5.49. The summed E-state index contributed by atoms with van der Waals surface area (Å²) in [6, 6.07) is 14.8. The van der Waals surface area contributed by atoms with E-state index in [1.54, 1.807) is 30.2 Å². The van der Waals surface area contributed by atoms with Crippen LogP contribution in [0.2, 0.25) is 0 Å². The molecule has 1 aliphatic rings. The lowest BCUT2D eigenvalue weighted by atomic mass is 9.70. The summed E-state index contributed by atoms with van der Waals surface area (Å²) in [6.07, 6.45) is 3.07. The van der Waals surface area contributed by atoms with Crippen LogP contribution in [0, 0.1) is 22.7 Å². The maximum absolute atomic E-state index is 10.2. The van der Waals surface area contributed by atoms with Crippen LogP contribution >= 0.6 is 23.1 Å². The molecule has 0 bridgehead atoms. The van der Waals surface area contributed by atoms with Crippen molar-refractivity contribution in [1.82, 2.24) is 4.98 Å². The molecule has 1 atom stereocenters. The first-order valence-electron chi connectivity index (χ1n) is 10.7. The van der Waals surface area contributed by atoms with Crippen LogP contribution in [0.4, 0.5) is 0 Å². The standard InChI is InChI=1S/C26H28N2OS2/c1-26(2,3)18-10-11-23-21(14-18)24(17-7-5-8-19(13-17)29-4)22(15-27)25(28-23)31-16-20-9-6-12-30-20/h5-9,12-13,18H,10-11,14,16H2,1-4H3/t18-/m1/s1. The fourth-order valence-electron chi connectivity index (χ4n) is 4.31. The third kappa shape index (κ3) is 4.66. The molecule has 2 heterocycles. The lowest BCUT2D eigenvalue weighted by Gasteiger charge is -2.36. The fourth-order valence-corrected chi connectivity index (χ4v) is 6.09. The highest BCUT2D eigenvalue weighted by atomic mass is 32.2. The lowest BCUT2D eigenvalue weighted by Crippen LogP contribution is -2.28. The number of nitriles is 1. The van der Waals surface area contributed by atoms with Crippen LogP contribution < -0.4 is 4.74 Å². The normalized spacial score (nSPS) is 15.9. The Bertz CT molecular complexity index is 1110. The second kappa shape index (κ2) is 9.06. The first-order chi connectivity index (χ1) is 14.9. The number of methoxy groups -OCH3 is 1. The molecule has 31 heavy (non-hydrogen) atoms. The van der Waals surface area contributed by atoms with Crippen molar-refractivity contribution in [3.05, 3.63) is 63.5 Å². The van der Waals surface area contributed by atoms with Gasteiger partial charge >= 0.3 is 0 Å². The molecule has 0 N–H and O–H groups in total. The number of thiophene rings is 1. The van der Waals surface area contributed by atoms with E-state index >= 15 is 0 Å². The molecular weight excluding hydrogens is 420 g/mol. The van der Waals surface area contributed by atoms with E-state index in [2.05, 4.69) is 50.4 Å². The predicted molar refractivity (Wildman–Crippen MR) is 130 cm³/mol. The second-order valence-electron chi connectivity index (χ2n) is 9.11. The quantitative estimate of drug-likeness (QED) is 0.389. The molecule has 0 spiro atoms. The van der Waals surface area contributed by atoms with Gasteiger partial charge in [-0.25, -0.2) is 4.98 Å². The SMILES string of the molecule is COc1cccc(-c2c(C#N)c(SCc3cccs3)nc3c2C[C@H](C(C)(C)C)CC3)c1. The number of fused-ring (bicyclic) bond motifs is 1. The van der Waals surface area contributed by atoms with Gasteiger partial charge in [0.25, 0.3) is 0 Å². The van der Waals surface area contributed by atoms with Crippen molar-refractivity contribution in [3.63, 3.8) is 0 Å². The van der Waals surface area contributed by atoms with Gasteiger partial charge in [0.05, 0.1) is 12.7 Å². The molecule has 0 fully saturated rings. The summed E-state index contributed by atoms with van der Waals surface area (Å²) in [7, 11) is 1.68. The largest absolute Gasteiger partial charge is 0.497 e. The number of aromatic nitrogens is 1. The zero-order valence-electron chi connectivity index (χ0n) is 18.6. The highest BCUT2D eigenvalue weighted by molar-refractivity contribution is 7.98. The van der Waals surface area contributed by atoms with Gasteiger partial charge in [0.2, 0.25) is 0 Å². The number of thioether (sulfide) groups is 1. The molecule has 3 aromatic rings. The summed E-state index contributed by atoms with van der Waals surface area (Å²) in [6.45, 7) is 6.95. The number of hydrogen-bond donors (Lipinski definition) is 0. The van der Waals surface area contributed by atoms with Crippen molar-refractivity contribution >= 4 is 23.1 Å². The summed E-state index contributed by atoms with van der Waals surface area (Å²) in [4.78, 5) is 6.34. The van der Waals surface area contributed by atoms with Crippen molar-refractivity contribution in [2.45, 2.75) is 50.8 Å². The van der Waals surface area contributed by atoms with Crippen molar-refractivity contribution in [2.24, 2.45) is 11.3 Å². The Morgan fingerprint density at radius 2 is 2.10 bits per heavy atom. The van der Waals surface area contributed by atoms with Crippen LogP contribution in [0.5, 0.6) is 5.75 Å². The van der Waals surface area contributed by atoms with Gasteiger partial charge in [-0.2, -0.15) is 5.26 Å². The predicted octanol–water partition coefficient (Wildman–Crippen LogP) is 7.13. The minimum Gasteiger partial charge on any atom is -0.497 e. The van der Waals surface area contributed by atoms with Gasteiger partial charge in [0, 0.05) is 21.9 Å². The number of hydrogen-bond acceptors (Lipinski definition) is 5. The lowest BCUT2D eigenvalue weighted by molar-refractivity contribution is 0.215. The van der Waals surface area contributed by atoms with Gasteiger partial charge in [-0.15, -0.1) is 11.3 Å². The van der Waals surface area contributed by atoms with Crippen LogP contribution in [0.3, 0.4) is 0 Å². The van der Waals surface area contributed by atoms with Gasteiger partial charge in [-0.05, 0) is 65.3 Å².